The van der Waals surface area contributed by atoms with E-state index >= 15 is 0 Å². The lowest BCUT2D eigenvalue weighted by atomic mass is 9.78. The summed E-state index contributed by atoms with van der Waals surface area (Å²) in [6.07, 6.45) is -0.913. The van der Waals surface area contributed by atoms with Gasteiger partial charge in [-0.25, -0.2) is 4.79 Å². The summed E-state index contributed by atoms with van der Waals surface area (Å²) in [7, 11) is 1.53. The Morgan fingerprint density at radius 1 is 0.897 bits per heavy atom. The molecular weight excluding hydrogens is 512 g/mol. The number of nitrogens with zero attached hydrogens (tertiary/aromatic N) is 1. The maximum Gasteiger partial charge on any atom is 0.407 e. The van der Waals surface area contributed by atoms with E-state index in [2.05, 4.69) is 5.32 Å². The highest BCUT2D eigenvalue weighted by molar-refractivity contribution is 5.91. The minimum Gasteiger partial charge on any atom is -0.497 e. The Morgan fingerprint density at radius 2 is 1.44 bits per heavy atom. The lowest BCUT2D eigenvalue weighted by Crippen LogP contribution is -2.47. The van der Waals surface area contributed by atoms with Crippen molar-refractivity contribution in [1.82, 2.24) is 5.32 Å². The number of nitrogens with one attached hydrogen (secondary N) is 1. The zero-order chi connectivity index (χ0) is 29.2. The van der Waals surface area contributed by atoms with Gasteiger partial charge in [-0.3, -0.25) is 24.5 Å². The number of hydrogen-bond acceptors (Lipinski definition) is 10. The van der Waals surface area contributed by atoms with Crippen LogP contribution in [0.2, 0.25) is 0 Å². The number of rotatable bonds is 12. The highest BCUT2D eigenvalue weighted by atomic mass is 16.6. The average Bonchev–Trinajstić information content (AvgIpc) is 2.90. The molecule has 1 unspecified atom stereocenters. The third-order valence-electron chi connectivity index (χ3n) is 5.85. The molecule has 0 heterocycles. The molecule has 0 aliphatic carbocycles. The Labute approximate surface area is 225 Å². The lowest BCUT2D eigenvalue weighted by Gasteiger charge is -2.30. The van der Waals surface area contributed by atoms with Crippen molar-refractivity contribution < 1.29 is 43.0 Å². The summed E-state index contributed by atoms with van der Waals surface area (Å²) < 4.78 is 20.6. The number of hydrogen-bond donors (Lipinski definition) is 1. The van der Waals surface area contributed by atoms with Gasteiger partial charge in [0, 0.05) is 18.7 Å². The van der Waals surface area contributed by atoms with Crippen LogP contribution in [-0.2, 0) is 41.8 Å². The molecule has 12 nitrogen and oxygen atoms in total. The predicted octanol–water partition coefficient (Wildman–Crippen LogP) is 3.94. The number of methoxy groups -OCH3 is 1. The fourth-order valence-electron chi connectivity index (χ4n) is 3.22. The fourth-order valence-corrected chi connectivity index (χ4v) is 3.22. The number of non-ortho nitro benzene ring substituents is 1. The Kier molecular flexibility index (Phi) is 10.9. The number of carbonyl (C=O) groups is 4. The summed E-state index contributed by atoms with van der Waals surface area (Å²) in [6.45, 7) is 5.31. The van der Waals surface area contributed by atoms with Crippen LogP contribution in [0.1, 0.15) is 38.8 Å². The molecule has 1 amide bonds. The van der Waals surface area contributed by atoms with Crippen molar-refractivity contribution in [3.63, 3.8) is 0 Å². The van der Waals surface area contributed by atoms with Gasteiger partial charge in [-0.05, 0) is 49.2 Å². The Balaban J connectivity index is 2.07. The Bertz CT molecular complexity index is 1170. The number of benzene rings is 2. The third kappa shape index (κ3) is 9.09. The van der Waals surface area contributed by atoms with Gasteiger partial charge < -0.3 is 24.3 Å². The van der Waals surface area contributed by atoms with Crippen LogP contribution in [0, 0.1) is 27.4 Å². The van der Waals surface area contributed by atoms with Crippen LogP contribution in [0.4, 0.5) is 10.5 Å². The van der Waals surface area contributed by atoms with Gasteiger partial charge in [-0.1, -0.05) is 26.0 Å². The van der Waals surface area contributed by atoms with E-state index in [-0.39, 0.29) is 18.9 Å². The molecule has 39 heavy (non-hydrogen) atoms. The molecule has 1 atom stereocenters. The summed E-state index contributed by atoms with van der Waals surface area (Å²) >= 11 is 0. The molecule has 12 heteroatoms. The van der Waals surface area contributed by atoms with E-state index in [1.807, 2.05) is 0 Å². The zero-order valence-electron chi connectivity index (χ0n) is 22.4. The first-order valence-electron chi connectivity index (χ1n) is 12.0. The second kappa shape index (κ2) is 13.9. The van der Waals surface area contributed by atoms with Gasteiger partial charge in [-0.2, -0.15) is 0 Å². The maximum absolute atomic E-state index is 13.0. The van der Waals surface area contributed by atoms with E-state index in [1.54, 1.807) is 38.1 Å². The first-order chi connectivity index (χ1) is 18.3. The molecule has 0 fully saturated rings. The number of alkyl carbamates (subject to hydrolysis) is 1. The number of nitro groups is 1. The van der Waals surface area contributed by atoms with E-state index in [0.717, 1.165) is 0 Å². The molecule has 0 aliphatic heterocycles. The van der Waals surface area contributed by atoms with Gasteiger partial charge >= 0.3 is 24.0 Å². The van der Waals surface area contributed by atoms with Crippen molar-refractivity contribution in [2.24, 2.45) is 17.3 Å². The van der Waals surface area contributed by atoms with Crippen LogP contribution in [0.5, 0.6) is 5.75 Å². The first-order valence-corrected chi connectivity index (χ1v) is 12.0. The van der Waals surface area contributed by atoms with Crippen molar-refractivity contribution in [3.8, 4) is 5.75 Å². The molecule has 210 valence electrons. The highest BCUT2D eigenvalue weighted by Crippen LogP contribution is 2.30. The van der Waals surface area contributed by atoms with Gasteiger partial charge in [0.05, 0.1) is 29.3 Å². The summed E-state index contributed by atoms with van der Waals surface area (Å²) in [6, 6.07) is 12.3. The highest BCUT2D eigenvalue weighted by Gasteiger charge is 2.44. The van der Waals surface area contributed by atoms with E-state index < -0.39 is 52.7 Å². The fraction of sp³-hybridized carbons (Fsp3) is 0.407. The second-order valence-electron chi connectivity index (χ2n) is 9.47. The van der Waals surface area contributed by atoms with Crippen LogP contribution < -0.4 is 10.1 Å². The first kappa shape index (κ1) is 30.7. The van der Waals surface area contributed by atoms with Gasteiger partial charge in [0.2, 0.25) is 0 Å². The number of ether oxygens (including phenoxy) is 4. The summed E-state index contributed by atoms with van der Waals surface area (Å²) in [4.78, 5) is 60.5. The van der Waals surface area contributed by atoms with E-state index in [0.29, 0.717) is 16.9 Å². The third-order valence-corrected chi connectivity index (χ3v) is 5.85. The quantitative estimate of drug-likeness (QED) is 0.136. The van der Waals surface area contributed by atoms with Gasteiger partial charge in [0.25, 0.3) is 5.69 Å². The minimum absolute atomic E-state index is 0.0797. The molecule has 0 radical (unpaired) electrons. The molecule has 0 bridgehead atoms. The van der Waals surface area contributed by atoms with Crippen LogP contribution in [0.3, 0.4) is 0 Å². The molecule has 0 aromatic heterocycles. The van der Waals surface area contributed by atoms with Crippen LogP contribution in [0.15, 0.2) is 48.5 Å². The standard InChI is InChI=1S/C27H32N2O10/c1-17(2)23(30)39-24(31)22(14-28-26(33)38-16-18-6-10-20(11-7-18)29(34)35)27(3,4)25(32)37-15-19-8-12-21(36-5)13-9-19/h6-13,17,22H,14-16H2,1-5H3,(H,28,33). The summed E-state index contributed by atoms with van der Waals surface area (Å²) in [5.74, 6) is -3.80. The predicted molar refractivity (Wildman–Crippen MR) is 137 cm³/mol. The summed E-state index contributed by atoms with van der Waals surface area (Å²) in [5, 5.41) is 13.2. The van der Waals surface area contributed by atoms with Crippen LogP contribution in [0.25, 0.3) is 0 Å². The number of amides is 1. The molecular formula is C27H32N2O10. The average molecular weight is 545 g/mol. The lowest BCUT2D eigenvalue weighted by molar-refractivity contribution is -0.384. The monoisotopic (exact) mass is 544 g/mol. The van der Waals surface area contributed by atoms with Crippen LogP contribution >= 0.6 is 0 Å². The van der Waals surface area contributed by atoms with Crippen molar-refractivity contribution in [2.45, 2.75) is 40.9 Å². The maximum atomic E-state index is 13.0. The number of esters is 3. The van der Waals surface area contributed by atoms with Crippen molar-refractivity contribution in [2.75, 3.05) is 13.7 Å². The second-order valence-corrected chi connectivity index (χ2v) is 9.47. The van der Waals surface area contributed by atoms with Crippen molar-refractivity contribution >= 4 is 29.7 Å². The van der Waals surface area contributed by atoms with Crippen LogP contribution in [-0.4, -0.2) is 42.6 Å². The van der Waals surface area contributed by atoms with Gasteiger partial charge in [-0.15, -0.1) is 0 Å². The minimum atomic E-state index is -1.51. The number of carbonyl (C=O) groups excluding carboxylic acids is 4. The molecule has 2 aromatic rings. The van der Waals surface area contributed by atoms with Crippen molar-refractivity contribution in [3.05, 3.63) is 69.8 Å². The van der Waals surface area contributed by atoms with Crippen molar-refractivity contribution in [1.29, 1.82) is 0 Å². The number of nitro benzene ring substituents is 1. The zero-order valence-corrected chi connectivity index (χ0v) is 22.4. The normalized spacial score (nSPS) is 11.7. The summed E-state index contributed by atoms with van der Waals surface area (Å²) in [5.41, 5.74) is -0.438. The molecule has 0 spiro atoms. The molecule has 1 N–H and O–H groups in total. The molecule has 0 saturated carbocycles. The van der Waals surface area contributed by atoms with E-state index in [1.165, 1.54) is 45.2 Å². The molecule has 2 aromatic carbocycles. The topological polar surface area (TPSA) is 160 Å². The SMILES string of the molecule is COc1ccc(COC(=O)C(C)(C)C(CNC(=O)OCc2ccc([N+](=O)[O-])cc2)C(=O)OC(=O)C(C)C)cc1. The molecule has 0 aliphatic rings. The van der Waals surface area contributed by atoms with Gasteiger partial charge in [0.15, 0.2) is 0 Å². The van der Waals surface area contributed by atoms with Gasteiger partial charge in [0.1, 0.15) is 19.0 Å². The largest absolute Gasteiger partial charge is 0.497 e. The Morgan fingerprint density at radius 3 is 1.95 bits per heavy atom. The smallest absolute Gasteiger partial charge is 0.407 e. The molecule has 2 rings (SSSR count). The Hall–Kier alpha value is -4.48. The van der Waals surface area contributed by atoms with E-state index in [4.69, 9.17) is 18.9 Å². The molecule has 0 saturated heterocycles. The van der Waals surface area contributed by atoms with E-state index in [9.17, 15) is 29.3 Å².